The monoisotopic (exact) mass is 475 g/mol. The minimum Gasteiger partial charge on any atom is -0.345 e. The van der Waals surface area contributed by atoms with Gasteiger partial charge in [-0.2, -0.15) is 0 Å². The van der Waals surface area contributed by atoms with Gasteiger partial charge in [0.2, 0.25) is 5.91 Å². The van der Waals surface area contributed by atoms with Crippen molar-refractivity contribution in [3.8, 4) is 0 Å². The average molecular weight is 476 g/mol. The zero-order chi connectivity index (χ0) is 21.6. The Labute approximate surface area is 203 Å². The van der Waals surface area contributed by atoms with Gasteiger partial charge in [-0.1, -0.05) is 30.8 Å². The van der Waals surface area contributed by atoms with Gasteiger partial charge < -0.3 is 10.2 Å². The van der Waals surface area contributed by atoms with E-state index in [0.29, 0.717) is 12.5 Å². The molecule has 1 aromatic carbocycles. The molecule has 1 N–H and O–H groups in total. The molecule has 4 nitrogen and oxygen atoms in total. The molecular formula is C26H38ClN3OS. The highest BCUT2D eigenvalue weighted by atomic mass is 35.5. The van der Waals surface area contributed by atoms with E-state index in [2.05, 4.69) is 43.1 Å². The topological polar surface area (TPSA) is 44.7 Å². The lowest BCUT2D eigenvalue weighted by Crippen LogP contribution is -2.50. The summed E-state index contributed by atoms with van der Waals surface area (Å²) < 4.78 is 0. The molecule has 1 heterocycles. The molecule has 5 aliphatic rings. The third-order valence-corrected chi connectivity index (χ3v) is 9.09. The summed E-state index contributed by atoms with van der Waals surface area (Å²) >= 11 is 1.88. The van der Waals surface area contributed by atoms with Crippen molar-refractivity contribution in [2.45, 2.75) is 89.8 Å². The Kier molecular flexibility index (Phi) is 7.17. The molecule has 1 atom stereocenters. The van der Waals surface area contributed by atoms with Crippen LogP contribution in [0.2, 0.25) is 0 Å². The number of aliphatic imine (C=N–C) groups is 1. The van der Waals surface area contributed by atoms with Crippen LogP contribution in [0.4, 0.5) is 5.69 Å². The van der Waals surface area contributed by atoms with Crippen LogP contribution in [0.5, 0.6) is 0 Å². The highest BCUT2D eigenvalue weighted by Crippen LogP contribution is 2.57. The number of aryl methyl sites for hydroxylation is 1. The highest BCUT2D eigenvalue weighted by Gasteiger charge is 2.51. The van der Waals surface area contributed by atoms with Crippen molar-refractivity contribution >= 4 is 40.9 Å². The second kappa shape index (κ2) is 9.58. The molecule has 0 aromatic heterocycles. The lowest BCUT2D eigenvalue weighted by Gasteiger charge is -2.55. The molecule has 4 saturated carbocycles. The summed E-state index contributed by atoms with van der Waals surface area (Å²) in [4.78, 5) is 20.8. The van der Waals surface area contributed by atoms with Crippen molar-refractivity contribution in [1.29, 1.82) is 0 Å². The minimum atomic E-state index is 0. The number of carbonyl (C=O) groups excluding carboxylic acids is 1. The first-order chi connectivity index (χ1) is 14.9. The summed E-state index contributed by atoms with van der Waals surface area (Å²) in [5.74, 6) is 3.81. The zero-order valence-electron chi connectivity index (χ0n) is 19.7. The summed E-state index contributed by atoms with van der Waals surface area (Å²) in [5, 5.41) is 4.32. The first-order valence-corrected chi connectivity index (χ1v) is 13.3. The molecular weight excluding hydrogens is 438 g/mol. The fraction of sp³-hybridized carbons (Fsp3) is 0.692. The van der Waals surface area contributed by atoms with Gasteiger partial charge in [0.05, 0.1) is 5.54 Å². The lowest BCUT2D eigenvalue weighted by atomic mass is 9.53. The van der Waals surface area contributed by atoms with Gasteiger partial charge >= 0.3 is 0 Å². The summed E-state index contributed by atoms with van der Waals surface area (Å²) in [6.45, 7) is 6.64. The van der Waals surface area contributed by atoms with Crippen molar-refractivity contribution in [2.75, 3.05) is 11.1 Å². The van der Waals surface area contributed by atoms with E-state index in [1.807, 2.05) is 23.9 Å². The first-order valence-electron chi connectivity index (χ1n) is 12.3. The number of amides is 1. The van der Waals surface area contributed by atoms with Crippen LogP contribution in [-0.2, 0) is 11.2 Å². The van der Waals surface area contributed by atoms with Crippen molar-refractivity contribution in [3.05, 3.63) is 29.8 Å². The van der Waals surface area contributed by atoms with E-state index in [1.54, 1.807) is 0 Å². The number of amidine groups is 1. The maximum atomic E-state index is 12.8. The van der Waals surface area contributed by atoms with E-state index >= 15 is 0 Å². The Morgan fingerprint density at radius 3 is 2.25 bits per heavy atom. The van der Waals surface area contributed by atoms with Crippen LogP contribution < -0.4 is 5.32 Å². The molecule has 1 aliphatic heterocycles. The standard InChI is InChI=1S/C26H37N3OS.ClH/c1-4-18-5-7-22(8-6-18)27-24(30)12-23-16-31-25(29(23)17(2)3)28-26-13-19-9-20(14-26)11-21(10-19)15-26;/h5-8,17,19-21,23H,4,9-16H2,1-3H3,(H,27,30);1H. The van der Waals surface area contributed by atoms with Crippen LogP contribution in [0.25, 0.3) is 0 Å². The molecule has 176 valence electrons. The molecule has 1 unspecified atom stereocenters. The zero-order valence-corrected chi connectivity index (χ0v) is 21.3. The lowest BCUT2D eigenvalue weighted by molar-refractivity contribution is -0.117. The quantitative estimate of drug-likeness (QED) is 0.536. The molecule has 0 radical (unpaired) electrons. The van der Waals surface area contributed by atoms with E-state index < -0.39 is 0 Å². The van der Waals surface area contributed by atoms with Gasteiger partial charge in [0, 0.05) is 29.9 Å². The van der Waals surface area contributed by atoms with Gasteiger partial charge in [0.25, 0.3) is 0 Å². The van der Waals surface area contributed by atoms with Gasteiger partial charge in [-0.25, -0.2) is 0 Å². The number of benzene rings is 1. The Hall–Kier alpha value is -1.20. The molecule has 1 amide bonds. The number of nitrogens with one attached hydrogen (secondary N) is 1. The second-order valence-electron chi connectivity index (χ2n) is 10.8. The Morgan fingerprint density at radius 2 is 1.72 bits per heavy atom. The van der Waals surface area contributed by atoms with E-state index in [1.165, 1.54) is 49.3 Å². The molecule has 4 bridgehead atoms. The Bertz CT molecular complexity index is 818. The van der Waals surface area contributed by atoms with Crippen molar-refractivity contribution in [2.24, 2.45) is 22.7 Å². The summed E-state index contributed by atoms with van der Waals surface area (Å²) in [6, 6.07) is 8.81. The molecule has 4 aliphatic carbocycles. The molecule has 1 saturated heterocycles. The molecule has 6 rings (SSSR count). The van der Waals surface area contributed by atoms with Gasteiger partial charge in [-0.15, -0.1) is 12.4 Å². The summed E-state index contributed by atoms with van der Waals surface area (Å²) in [6.07, 6.45) is 9.80. The largest absolute Gasteiger partial charge is 0.345 e. The van der Waals surface area contributed by atoms with Crippen molar-refractivity contribution in [1.82, 2.24) is 4.90 Å². The van der Waals surface area contributed by atoms with Crippen LogP contribution in [0.15, 0.2) is 29.3 Å². The number of nitrogens with zero attached hydrogens (tertiary/aromatic N) is 2. The van der Waals surface area contributed by atoms with E-state index in [9.17, 15) is 4.79 Å². The highest BCUT2D eigenvalue weighted by molar-refractivity contribution is 8.14. The number of anilines is 1. The maximum absolute atomic E-state index is 12.8. The van der Waals surface area contributed by atoms with Gasteiger partial charge in [-0.05, 0) is 94.2 Å². The number of rotatable bonds is 6. The number of hydrogen-bond donors (Lipinski definition) is 1. The molecule has 32 heavy (non-hydrogen) atoms. The van der Waals surface area contributed by atoms with Gasteiger partial charge in [-0.3, -0.25) is 9.79 Å². The summed E-state index contributed by atoms with van der Waals surface area (Å²) in [7, 11) is 0. The second-order valence-corrected chi connectivity index (χ2v) is 11.8. The smallest absolute Gasteiger partial charge is 0.226 e. The Morgan fingerprint density at radius 1 is 1.12 bits per heavy atom. The predicted octanol–water partition coefficient (Wildman–Crippen LogP) is 6.15. The van der Waals surface area contributed by atoms with E-state index in [0.717, 1.165) is 35.6 Å². The van der Waals surface area contributed by atoms with Crippen LogP contribution in [0.3, 0.4) is 0 Å². The van der Waals surface area contributed by atoms with Crippen molar-refractivity contribution in [3.63, 3.8) is 0 Å². The summed E-state index contributed by atoms with van der Waals surface area (Å²) in [5.41, 5.74) is 2.38. The van der Waals surface area contributed by atoms with Crippen LogP contribution in [0, 0.1) is 17.8 Å². The average Bonchev–Trinajstić information content (AvgIpc) is 3.08. The van der Waals surface area contributed by atoms with E-state index in [4.69, 9.17) is 4.99 Å². The van der Waals surface area contributed by atoms with Gasteiger partial charge in [0.1, 0.15) is 0 Å². The van der Waals surface area contributed by atoms with Gasteiger partial charge in [0.15, 0.2) is 5.17 Å². The third kappa shape index (κ3) is 4.84. The van der Waals surface area contributed by atoms with E-state index in [-0.39, 0.29) is 29.9 Å². The maximum Gasteiger partial charge on any atom is 0.226 e. The van der Waals surface area contributed by atoms with Crippen LogP contribution >= 0.6 is 24.2 Å². The first kappa shape index (κ1) is 23.9. The van der Waals surface area contributed by atoms with Crippen LogP contribution in [0.1, 0.15) is 71.3 Å². The third-order valence-electron chi connectivity index (χ3n) is 7.98. The number of carbonyl (C=O) groups is 1. The SMILES string of the molecule is CCc1ccc(NC(=O)CC2CSC(=NC34CC5CC(CC(C5)C3)C4)N2C(C)C)cc1.Cl. The normalized spacial score (nSPS) is 34.2. The predicted molar refractivity (Wildman–Crippen MR) is 138 cm³/mol. The number of halogens is 1. The minimum absolute atomic E-state index is 0. The number of hydrogen-bond acceptors (Lipinski definition) is 3. The van der Waals surface area contributed by atoms with Crippen molar-refractivity contribution < 1.29 is 4.79 Å². The molecule has 6 heteroatoms. The fourth-order valence-corrected chi connectivity index (χ4v) is 8.41. The fourth-order valence-electron chi connectivity index (χ4n) is 7.03. The number of thioether (sulfide) groups is 1. The molecule has 1 aromatic rings. The Balaban J connectivity index is 0.00000245. The molecule has 5 fully saturated rings. The molecule has 0 spiro atoms. The van der Waals surface area contributed by atoms with Crippen LogP contribution in [-0.4, -0.2) is 39.4 Å².